The molecule has 2 aromatic heterocycles. The van der Waals surface area contributed by atoms with Crippen molar-refractivity contribution in [2.24, 2.45) is 0 Å². The minimum atomic E-state index is -0.589. The molecule has 0 unspecified atom stereocenters. The van der Waals surface area contributed by atoms with Gasteiger partial charge in [0.25, 0.3) is 5.91 Å². The Kier molecular flexibility index (Phi) is 4.45. The molecule has 4 rings (SSSR count). The van der Waals surface area contributed by atoms with Crippen molar-refractivity contribution in [3.8, 4) is 0 Å². The topological polar surface area (TPSA) is 97.6 Å². The van der Waals surface area contributed by atoms with Crippen LogP contribution in [-0.4, -0.2) is 33.7 Å². The smallest absolute Gasteiger partial charge is 0.411 e. The molecule has 8 heteroatoms. The number of amides is 2. The summed E-state index contributed by atoms with van der Waals surface area (Å²) in [6.45, 7) is 0. The Balaban J connectivity index is 1.54. The fourth-order valence-electron chi connectivity index (χ4n) is 3.04. The molecule has 0 saturated heterocycles. The number of nitrogens with one attached hydrogen (secondary N) is 2. The van der Waals surface area contributed by atoms with Crippen LogP contribution in [0.5, 0.6) is 0 Å². The van der Waals surface area contributed by atoms with Gasteiger partial charge in [0, 0.05) is 23.4 Å². The molecule has 2 N–H and O–H groups in total. The number of ether oxygens (including phenoxy) is 1. The number of hydrogen-bond acceptors (Lipinski definition) is 5. The average molecular weight is 365 g/mol. The van der Waals surface area contributed by atoms with Crippen LogP contribution < -0.4 is 10.6 Å². The summed E-state index contributed by atoms with van der Waals surface area (Å²) < 4.78 is 6.50. The highest BCUT2D eigenvalue weighted by molar-refractivity contribution is 6.05. The molecule has 0 spiro atoms. The lowest BCUT2D eigenvalue weighted by Gasteiger charge is -2.23. The highest BCUT2D eigenvalue weighted by Gasteiger charge is 2.24. The third kappa shape index (κ3) is 3.46. The van der Waals surface area contributed by atoms with Crippen LogP contribution in [0.25, 0.3) is 5.65 Å². The zero-order chi connectivity index (χ0) is 18.8. The van der Waals surface area contributed by atoms with Crippen LogP contribution in [0, 0.1) is 0 Å². The van der Waals surface area contributed by atoms with Gasteiger partial charge in [-0.05, 0) is 43.2 Å². The van der Waals surface area contributed by atoms with Crippen LogP contribution in [0.2, 0.25) is 0 Å². The monoisotopic (exact) mass is 365 g/mol. The lowest BCUT2D eigenvalue weighted by atomic mass is 9.85. The lowest BCUT2D eigenvalue weighted by molar-refractivity contribution is 0.102. The fourth-order valence-corrected chi connectivity index (χ4v) is 3.04. The molecule has 27 heavy (non-hydrogen) atoms. The van der Waals surface area contributed by atoms with Crippen LogP contribution in [0.15, 0.2) is 42.6 Å². The molecule has 138 valence electrons. The molecule has 1 aromatic carbocycles. The number of aromatic nitrogens is 3. The van der Waals surface area contributed by atoms with Crippen LogP contribution in [0.1, 0.15) is 41.4 Å². The number of carbonyl (C=O) groups is 2. The van der Waals surface area contributed by atoms with E-state index < -0.39 is 6.09 Å². The van der Waals surface area contributed by atoms with Crippen molar-refractivity contribution in [1.82, 2.24) is 14.6 Å². The number of pyridine rings is 1. The molecule has 1 aliphatic carbocycles. The number of carbonyl (C=O) groups excluding carboxylic acids is 2. The van der Waals surface area contributed by atoms with Crippen LogP contribution in [0.3, 0.4) is 0 Å². The molecule has 0 aliphatic heterocycles. The van der Waals surface area contributed by atoms with Crippen molar-refractivity contribution in [2.45, 2.75) is 25.2 Å². The molecule has 2 amide bonds. The Morgan fingerprint density at radius 2 is 1.96 bits per heavy atom. The van der Waals surface area contributed by atoms with Crippen LogP contribution in [0.4, 0.5) is 16.2 Å². The molecule has 1 aliphatic rings. The third-order valence-corrected chi connectivity index (χ3v) is 4.71. The van der Waals surface area contributed by atoms with E-state index in [0.29, 0.717) is 22.9 Å². The van der Waals surface area contributed by atoms with Gasteiger partial charge < -0.3 is 10.1 Å². The maximum atomic E-state index is 12.6. The van der Waals surface area contributed by atoms with Crippen molar-refractivity contribution in [3.63, 3.8) is 0 Å². The van der Waals surface area contributed by atoms with E-state index in [1.807, 2.05) is 16.7 Å². The van der Waals surface area contributed by atoms with E-state index in [1.54, 1.807) is 30.3 Å². The van der Waals surface area contributed by atoms with E-state index in [4.69, 9.17) is 0 Å². The molecule has 1 fully saturated rings. The lowest BCUT2D eigenvalue weighted by Crippen LogP contribution is -2.15. The molecule has 0 atom stereocenters. The SMILES string of the molecule is COC(=O)Nc1cccc(C(=O)Nc2ccc3nnc(C4CCC4)n3c2)c1. The van der Waals surface area contributed by atoms with Gasteiger partial charge in [0.15, 0.2) is 5.65 Å². The van der Waals surface area contributed by atoms with Crippen molar-refractivity contribution in [2.75, 3.05) is 17.7 Å². The largest absolute Gasteiger partial charge is 0.453 e. The first kappa shape index (κ1) is 17.0. The number of hydrogen-bond donors (Lipinski definition) is 2. The van der Waals surface area contributed by atoms with E-state index in [1.165, 1.54) is 13.5 Å². The first-order valence-electron chi connectivity index (χ1n) is 8.75. The van der Waals surface area contributed by atoms with Crippen molar-refractivity contribution in [1.29, 1.82) is 0 Å². The molecular weight excluding hydrogens is 346 g/mol. The van der Waals surface area contributed by atoms with Gasteiger partial charge in [-0.25, -0.2) is 4.79 Å². The quantitative estimate of drug-likeness (QED) is 0.738. The number of benzene rings is 1. The summed E-state index contributed by atoms with van der Waals surface area (Å²) in [6.07, 6.45) is 4.71. The normalized spacial score (nSPS) is 13.8. The first-order valence-corrected chi connectivity index (χ1v) is 8.75. The Morgan fingerprint density at radius 3 is 2.70 bits per heavy atom. The Bertz CT molecular complexity index is 1010. The first-order chi connectivity index (χ1) is 13.1. The van der Waals surface area contributed by atoms with Gasteiger partial charge in [0.1, 0.15) is 5.82 Å². The third-order valence-electron chi connectivity index (χ3n) is 4.71. The zero-order valence-corrected chi connectivity index (χ0v) is 14.8. The second kappa shape index (κ2) is 7.06. The second-order valence-corrected chi connectivity index (χ2v) is 6.48. The molecule has 1 saturated carbocycles. The number of rotatable bonds is 4. The van der Waals surface area contributed by atoms with E-state index >= 15 is 0 Å². The number of anilines is 2. The minimum absolute atomic E-state index is 0.277. The summed E-state index contributed by atoms with van der Waals surface area (Å²) in [5.74, 6) is 1.10. The van der Waals surface area contributed by atoms with Crippen LogP contribution in [-0.2, 0) is 4.74 Å². The van der Waals surface area contributed by atoms with Gasteiger partial charge in [-0.3, -0.25) is 14.5 Å². The minimum Gasteiger partial charge on any atom is -0.453 e. The number of nitrogens with zero attached hydrogens (tertiary/aromatic N) is 3. The van der Waals surface area contributed by atoms with E-state index in [9.17, 15) is 9.59 Å². The van der Waals surface area contributed by atoms with Gasteiger partial charge in [-0.2, -0.15) is 0 Å². The molecular formula is C19H19N5O3. The van der Waals surface area contributed by atoms with Gasteiger partial charge in [0.05, 0.1) is 12.8 Å². The highest BCUT2D eigenvalue weighted by atomic mass is 16.5. The highest BCUT2D eigenvalue weighted by Crippen LogP contribution is 2.35. The predicted molar refractivity (Wildman–Crippen MR) is 100 cm³/mol. The van der Waals surface area contributed by atoms with E-state index in [0.717, 1.165) is 24.3 Å². The van der Waals surface area contributed by atoms with Gasteiger partial charge in [-0.15, -0.1) is 10.2 Å². The summed E-state index contributed by atoms with van der Waals surface area (Å²) >= 11 is 0. The Morgan fingerprint density at radius 1 is 1.11 bits per heavy atom. The van der Waals surface area contributed by atoms with Crippen molar-refractivity contribution < 1.29 is 14.3 Å². The average Bonchev–Trinajstić information content (AvgIpc) is 3.03. The van der Waals surface area contributed by atoms with E-state index in [2.05, 4.69) is 25.6 Å². The zero-order valence-electron chi connectivity index (χ0n) is 14.8. The summed E-state index contributed by atoms with van der Waals surface area (Å²) in [6, 6.07) is 10.3. The summed E-state index contributed by atoms with van der Waals surface area (Å²) in [4.78, 5) is 23.9. The number of methoxy groups -OCH3 is 1. The standard InChI is InChI=1S/C19H19N5O3/c1-27-19(26)21-14-7-3-6-13(10-14)18(25)20-15-8-9-16-22-23-17(24(16)11-15)12-4-2-5-12/h3,6-12H,2,4-5H2,1H3,(H,20,25)(H,21,26). The Labute approximate surface area is 155 Å². The van der Waals surface area contributed by atoms with Gasteiger partial charge in [0.2, 0.25) is 0 Å². The molecule has 8 nitrogen and oxygen atoms in total. The van der Waals surface area contributed by atoms with E-state index in [-0.39, 0.29) is 5.91 Å². The van der Waals surface area contributed by atoms with Crippen LogP contribution >= 0.6 is 0 Å². The fraction of sp³-hybridized carbons (Fsp3) is 0.263. The summed E-state index contributed by atoms with van der Waals surface area (Å²) in [5.41, 5.74) is 2.32. The van der Waals surface area contributed by atoms with Gasteiger partial charge >= 0.3 is 6.09 Å². The molecule has 2 heterocycles. The van der Waals surface area contributed by atoms with Crippen molar-refractivity contribution >= 4 is 29.0 Å². The summed E-state index contributed by atoms with van der Waals surface area (Å²) in [5, 5.41) is 13.9. The molecule has 3 aromatic rings. The maximum Gasteiger partial charge on any atom is 0.411 e. The Hall–Kier alpha value is -3.42. The second-order valence-electron chi connectivity index (χ2n) is 6.48. The van der Waals surface area contributed by atoms with Gasteiger partial charge in [-0.1, -0.05) is 12.5 Å². The molecule has 0 bridgehead atoms. The molecule has 0 radical (unpaired) electrons. The summed E-state index contributed by atoms with van der Waals surface area (Å²) in [7, 11) is 1.28. The number of fused-ring (bicyclic) bond motifs is 1. The van der Waals surface area contributed by atoms with Crippen molar-refractivity contribution in [3.05, 3.63) is 54.0 Å². The maximum absolute atomic E-state index is 12.6. The predicted octanol–water partition coefficient (Wildman–Crippen LogP) is 3.43.